The van der Waals surface area contributed by atoms with Crippen LogP contribution in [0.4, 0.5) is 4.39 Å². The van der Waals surface area contributed by atoms with Gasteiger partial charge in [-0.1, -0.05) is 30.3 Å². The molecule has 0 unspecified atom stereocenters. The summed E-state index contributed by atoms with van der Waals surface area (Å²) in [7, 11) is 0. The van der Waals surface area contributed by atoms with Gasteiger partial charge in [0.05, 0.1) is 12.6 Å². The lowest BCUT2D eigenvalue weighted by Gasteiger charge is -2.25. The first-order valence-electron chi connectivity index (χ1n) is 5.69. The molecule has 0 saturated heterocycles. The number of aliphatic hydroxyl groups is 1. The molecule has 0 radical (unpaired) electrons. The average molecular weight is 233 g/mol. The van der Waals surface area contributed by atoms with Crippen LogP contribution in [0.5, 0.6) is 0 Å². The van der Waals surface area contributed by atoms with Crippen molar-refractivity contribution in [3.8, 4) is 0 Å². The highest BCUT2D eigenvalue weighted by molar-refractivity contribution is 5.30. The number of halogens is 1. The molecule has 1 N–H and O–H groups in total. The van der Waals surface area contributed by atoms with Gasteiger partial charge >= 0.3 is 0 Å². The lowest BCUT2D eigenvalue weighted by molar-refractivity contribution is 0.225. The van der Waals surface area contributed by atoms with Gasteiger partial charge in [-0.3, -0.25) is 0 Å². The molecule has 90 valence electrons. The fourth-order valence-electron chi connectivity index (χ4n) is 1.89. The van der Waals surface area contributed by atoms with Crippen molar-refractivity contribution in [1.29, 1.82) is 0 Å². The summed E-state index contributed by atoms with van der Waals surface area (Å²) in [5, 5.41) is 9.36. The quantitative estimate of drug-likeness (QED) is 0.867. The third kappa shape index (κ3) is 2.94. The number of hydrogen-bond donors (Lipinski definition) is 1. The zero-order chi connectivity index (χ0) is 12.3. The van der Waals surface area contributed by atoms with E-state index in [-0.39, 0.29) is 12.4 Å². The maximum absolute atomic E-state index is 13.7. The van der Waals surface area contributed by atoms with E-state index < -0.39 is 6.10 Å². The maximum atomic E-state index is 13.7. The summed E-state index contributed by atoms with van der Waals surface area (Å²) in [5.74, 6) is -0.251. The van der Waals surface area contributed by atoms with Crippen molar-refractivity contribution >= 4 is 0 Å². The van der Waals surface area contributed by atoms with Gasteiger partial charge in [-0.25, -0.2) is 4.39 Å². The number of benzene rings is 1. The predicted molar refractivity (Wildman–Crippen MR) is 65.8 cm³/mol. The maximum Gasteiger partial charge on any atom is 0.125 e. The minimum atomic E-state index is -0.745. The Hall–Kier alpha value is -1.61. The fourth-order valence-corrected chi connectivity index (χ4v) is 1.89. The number of aliphatic hydroxyl groups excluding tert-OH is 1. The Morgan fingerprint density at radius 2 is 2.06 bits per heavy atom. The summed E-state index contributed by atoms with van der Waals surface area (Å²) in [6.07, 6.45) is 2.73. The Morgan fingerprint density at radius 1 is 1.35 bits per heavy atom. The van der Waals surface area contributed by atoms with Gasteiger partial charge < -0.3 is 10.0 Å². The van der Waals surface area contributed by atoms with Crippen LogP contribution in [0, 0.1) is 0 Å². The van der Waals surface area contributed by atoms with Gasteiger partial charge in [0.15, 0.2) is 0 Å². The van der Waals surface area contributed by atoms with Crippen LogP contribution in [-0.4, -0.2) is 22.7 Å². The summed E-state index contributed by atoms with van der Waals surface area (Å²) in [6.45, 7) is 2.48. The van der Waals surface area contributed by atoms with E-state index in [0.717, 1.165) is 5.56 Å². The molecule has 3 heteroatoms. The van der Waals surface area contributed by atoms with Crippen LogP contribution < -0.4 is 0 Å². The largest absolute Gasteiger partial charge is 0.389 e. The highest BCUT2D eigenvalue weighted by Gasteiger charge is 2.16. The minimum Gasteiger partial charge on any atom is -0.389 e. The van der Waals surface area contributed by atoms with Crippen LogP contribution in [0.3, 0.4) is 0 Å². The molecule has 0 aromatic heterocycles. The minimum absolute atomic E-state index is 0.228. The highest BCUT2D eigenvalue weighted by atomic mass is 19.1. The van der Waals surface area contributed by atoms with Crippen LogP contribution in [0.2, 0.25) is 0 Å². The molecular formula is C14H16FNO. The molecule has 1 aliphatic rings. The van der Waals surface area contributed by atoms with E-state index >= 15 is 0 Å². The molecule has 1 aliphatic heterocycles. The standard InChI is InChI=1S/C14H16FNO/c1-11(17)13-7-8-16(10-14(13)15)9-12-5-3-2-4-6-12/h2-8,11,17H,9-10H2,1H3/t11-/m1/s1. The zero-order valence-corrected chi connectivity index (χ0v) is 9.81. The Morgan fingerprint density at radius 3 is 2.65 bits per heavy atom. The summed E-state index contributed by atoms with van der Waals surface area (Å²) < 4.78 is 13.7. The average Bonchev–Trinajstić information content (AvgIpc) is 2.30. The third-order valence-corrected chi connectivity index (χ3v) is 2.80. The monoisotopic (exact) mass is 233 g/mol. The van der Waals surface area contributed by atoms with Gasteiger partial charge in [0.1, 0.15) is 5.83 Å². The number of nitrogens with zero attached hydrogens (tertiary/aromatic N) is 1. The zero-order valence-electron chi connectivity index (χ0n) is 9.81. The van der Waals surface area contributed by atoms with Gasteiger partial charge in [-0.2, -0.15) is 0 Å². The van der Waals surface area contributed by atoms with Crippen molar-refractivity contribution in [2.45, 2.75) is 19.6 Å². The molecule has 1 aromatic carbocycles. The number of rotatable bonds is 3. The molecule has 17 heavy (non-hydrogen) atoms. The molecule has 0 spiro atoms. The van der Waals surface area contributed by atoms with Gasteiger partial charge in [-0.05, 0) is 18.6 Å². The Bertz CT molecular complexity index is 437. The first-order valence-corrected chi connectivity index (χ1v) is 5.69. The Balaban J connectivity index is 2.03. The van der Waals surface area contributed by atoms with Crippen LogP contribution in [0.15, 0.2) is 54.0 Å². The van der Waals surface area contributed by atoms with E-state index in [9.17, 15) is 9.50 Å². The molecule has 2 rings (SSSR count). The summed E-state index contributed by atoms with van der Waals surface area (Å²) in [5.41, 5.74) is 1.53. The van der Waals surface area contributed by atoms with Crippen molar-refractivity contribution in [2.24, 2.45) is 0 Å². The van der Waals surface area contributed by atoms with Gasteiger partial charge in [0.25, 0.3) is 0 Å². The van der Waals surface area contributed by atoms with E-state index in [2.05, 4.69) is 0 Å². The Kier molecular flexibility index (Phi) is 3.59. The number of hydrogen-bond acceptors (Lipinski definition) is 2. The lowest BCUT2D eigenvalue weighted by atomic mass is 10.1. The topological polar surface area (TPSA) is 23.5 Å². The molecule has 0 aliphatic carbocycles. The first-order chi connectivity index (χ1) is 8.16. The molecule has 0 amide bonds. The molecule has 1 aromatic rings. The van der Waals surface area contributed by atoms with Gasteiger partial charge in [-0.15, -0.1) is 0 Å². The van der Waals surface area contributed by atoms with Crippen LogP contribution in [0.1, 0.15) is 12.5 Å². The fraction of sp³-hybridized carbons (Fsp3) is 0.286. The predicted octanol–water partition coefficient (Wildman–Crippen LogP) is 2.62. The smallest absolute Gasteiger partial charge is 0.125 e. The molecule has 0 bridgehead atoms. The molecule has 0 fully saturated rings. The van der Waals surface area contributed by atoms with E-state index in [1.165, 1.54) is 0 Å². The SMILES string of the molecule is C[C@@H](O)C1=C(F)CN(Cc2ccccc2)C=C1. The Labute approximate surface area is 101 Å². The molecule has 0 saturated carbocycles. The van der Waals surface area contributed by atoms with Crippen LogP contribution >= 0.6 is 0 Å². The second-order valence-electron chi connectivity index (χ2n) is 4.24. The second-order valence-corrected chi connectivity index (χ2v) is 4.24. The third-order valence-electron chi connectivity index (χ3n) is 2.80. The van der Waals surface area contributed by atoms with Crippen molar-refractivity contribution in [3.63, 3.8) is 0 Å². The molecule has 1 atom stereocenters. The van der Waals surface area contributed by atoms with Crippen molar-refractivity contribution in [1.82, 2.24) is 4.90 Å². The first kappa shape index (κ1) is 11.9. The van der Waals surface area contributed by atoms with Gasteiger partial charge in [0, 0.05) is 18.3 Å². The van der Waals surface area contributed by atoms with Crippen molar-refractivity contribution in [3.05, 3.63) is 59.6 Å². The summed E-state index contributed by atoms with van der Waals surface area (Å²) in [6, 6.07) is 9.92. The lowest BCUT2D eigenvalue weighted by Crippen LogP contribution is -2.24. The molecule has 2 nitrogen and oxygen atoms in total. The summed E-state index contributed by atoms with van der Waals surface area (Å²) >= 11 is 0. The van der Waals surface area contributed by atoms with Crippen LogP contribution in [0.25, 0.3) is 0 Å². The van der Waals surface area contributed by atoms with Crippen molar-refractivity contribution in [2.75, 3.05) is 6.54 Å². The van der Waals surface area contributed by atoms with E-state index in [1.807, 2.05) is 41.4 Å². The van der Waals surface area contributed by atoms with Gasteiger partial charge in [0.2, 0.25) is 0 Å². The van der Waals surface area contributed by atoms with E-state index in [1.54, 1.807) is 13.0 Å². The molecule has 1 heterocycles. The second kappa shape index (κ2) is 5.15. The summed E-state index contributed by atoms with van der Waals surface area (Å²) in [4.78, 5) is 1.89. The normalized spacial score (nSPS) is 17.5. The molecular weight excluding hydrogens is 217 g/mol. The highest BCUT2D eigenvalue weighted by Crippen LogP contribution is 2.20. The van der Waals surface area contributed by atoms with Crippen molar-refractivity contribution < 1.29 is 9.50 Å². The van der Waals surface area contributed by atoms with Crippen LogP contribution in [-0.2, 0) is 6.54 Å². The van der Waals surface area contributed by atoms with E-state index in [4.69, 9.17) is 0 Å². The van der Waals surface area contributed by atoms with E-state index in [0.29, 0.717) is 12.1 Å².